The number of hydrogen-bond acceptors (Lipinski definition) is 8. The Balaban J connectivity index is 3.10. The third-order valence-electron chi connectivity index (χ3n) is 2.74. The predicted octanol–water partition coefficient (Wildman–Crippen LogP) is -0.318. The van der Waals surface area contributed by atoms with Gasteiger partial charge in [0.05, 0.1) is 66.1 Å². The molecule has 0 saturated carbocycles. The van der Waals surface area contributed by atoms with Crippen molar-refractivity contribution < 1.29 is 43.1 Å². The second kappa shape index (κ2) is 21.5. The van der Waals surface area contributed by atoms with Gasteiger partial charge >= 0.3 is 5.97 Å². The van der Waals surface area contributed by atoms with Crippen LogP contribution in [0.2, 0.25) is 0 Å². The van der Waals surface area contributed by atoms with Crippen LogP contribution in [0.3, 0.4) is 0 Å². The second-order valence-electron chi connectivity index (χ2n) is 4.99. The fourth-order valence-corrected chi connectivity index (χ4v) is 1.81. The van der Waals surface area contributed by atoms with Crippen molar-refractivity contribution in [1.82, 2.24) is 5.32 Å². The molecule has 0 unspecified atom stereocenters. The first-order valence-electron chi connectivity index (χ1n) is 8.67. The Morgan fingerprint density at radius 2 is 1.11 bits per heavy atom. The third kappa shape index (κ3) is 23.1. The summed E-state index contributed by atoms with van der Waals surface area (Å²) in [6.45, 7) is 4.50. The Morgan fingerprint density at radius 3 is 1.56 bits per heavy atom. The van der Waals surface area contributed by atoms with E-state index < -0.39 is 12.6 Å². The number of aliphatic carboxylic acids is 1. The second-order valence-corrected chi connectivity index (χ2v) is 5.78. The van der Waals surface area contributed by atoms with Crippen molar-refractivity contribution in [3.05, 3.63) is 0 Å². The van der Waals surface area contributed by atoms with Crippen LogP contribution >= 0.6 is 15.9 Å². The first-order valence-corrected chi connectivity index (χ1v) is 9.80. The summed E-state index contributed by atoms with van der Waals surface area (Å²) in [6, 6.07) is 0. The van der Waals surface area contributed by atoms with Gasteiger partial charge in [0.2, 0.25) is 5.91 Å². The van der Waals surface area contributed by atoms with Crippen molar-refractivity contribution in [3.63, 3.8) is 0 Å². The molecule has 0 aromatic heterocycles. The minimum absolute atomic E-state index is 0.286. The molecule has 0 fully saturated rings. The maximum atomic E-state index is 11.2. The monoisotopic (exact) mass is 459 g/mol. The van der Waals surface area contributed by atoms with Crippen LogP contribution in [0.15, 0.2) is 0 Å². The van der Waals surface area contributed by atoms with Gasteiger partial charge in [-0.1, -0.05) is 15.9 Å². The van der Waals surface area contributed by atoms with Gasteiger partial charge in [-0.2, -0.15) is 0 Å². The predicted molar refractivity (Wildman–Crippen MR) is 99.4 cm³/mol. The number of carboxylic acids is 1. The Bertz CT molecular complexity index is 361. The van der Waals surface area contributed by atoms with Crippen molar-refractivity contribution in [3.8, 4) is 0 Å². The van der Waals surface area contributed by atoms with Gasteiger partial charge in [0.25, 0.3) is 0 Å². The van der Waals surface area contributed by atoms with Gasteiger partial charge in [-0.15, -0.1) is 0 Å². The van der Waals surface area contributed by atoms with E-state index in [1.807, 2.05) is 0 Å². The Labute approximate surface area is 167 Å². The highest BCUT2D eigenvalue weighted by atomic mass is 79.9. The van der Waals surface area contributed by atoms with Crippen LogP contribution in [0.1, 0.15) is 0 Å². The molecule has 27 heavy (non-hydrogen) atoms. The number of alkyl halides is 1. The highest BCUT2D eigenvalue weighted by Crippen LogP contribution is 1.85. The number of carbonyl (C=O) groups is 2. The van der Waals surface area contributed by atoms with Crippen LogP contribution in [0.4, 0.5) is 0 Å². The van der Waals surface area contributed by atoms with Gasteiger partial charge in [0.1, 0.15) is 13.2 Å². The van der Waals surface area contributed by atoms with Crippen LogP contribution in [0.5, 0.6) is 0 Å². The fraction of sp³-hybridized carbons (Fsp3) is 0.875. The largest absolute Gasteiger partial charge is 0.480 e. The molecule has 1 amide bonds. The molecule has 11 heteroatoms. The molecule has 0 aromatic rings. The zero-order valence-electron chi connectivity index (χ0n) is 15.5. The summed E-state index contributed by atoms with van der Waals surface area (Å²) in [4.78, 5) is 21.4. The summed E-state index contributed by atoms with van der Waals surface area (Å²) < 4.78 is 31.1. The molecule has 0 bridgehead atoms. The smallest absolute Gasteiger partial charge is 0.329 e. The first kappa shape index (κ1) is 26.2. The number of ether oxygens (including phenoxy) is 6. The lowest BCUT2D eigenvalue weighted by Gasteiger charge is -2.08. The average molecular weight is 460 g/mol. The quantitative estimate of drug-likeness (QED) is 0.175. The van der Waals surface area contributed by atoms with Crippen LogP contribution in [-0.4, -0.2) is 108 Å². The van der Waals surface area contributed by atoms with E-state index in [-0.39, 0.29) is 12.5 Å². The SMILES string of the molecule is O=C(O)COCC(=O)NCCOCCOCCOCCOCCOCCBr. The van der Waals surface area contributed by atoms with Crippen LogP contribution in [-0.2, 0) is 38.0 Å². The number of hydrogen-bond donors (Lipinski definition) is 2. The van der Waals surface area contributed by atoms with Crippen LogP contribution in [0.25, 0.3) is 0 Å². The molecule has 0 aromatic carbocycles. The molecule has 10 nitrogen and oxygen atoms in total. The average Bonchev–Trinajstić information content (AvgIpc) is 2.64. The van der Waals surface area contributed by atoms with Crippen LogP contribution in [0, 0.1) is 0 Å². The van der Waals surface area contributed by atoms with E-state index in [2.05, 4.69) is 26.0 Å². The molecular weight excluding hydrogens is 430 g/mol. The normalized spacial score (nSPS) is 10.9. The lowest BCUT2D eigenvalue weighted by atomic mass is 10.6. The zero-order chi connectivity index (χ0) is 20.0. The van der Waals surface area contributed by atoms with Crippen molar-refractivity contribution >= 4 is 27.8 Å². The number of carboxylic acid groups (broad SMARTS) is 1. The van der Waals surface area contributed by atoms with Crippen molar-refractivity contribution in [1.29, 1.82) is 0 Å². The fourth-order valence-electron chi connectivity index (χ4n) is 1.58. The van der Waals surface area contributed by atoms with Crippen molar-refractivity contribution in [2.75, 3.05) is 91.2 Å². The Hall–Kier alpha value is -0.820. The van der Waals surface area contributed by atoms with Gasteiger partial charge in [-0.3, -0.25) is 4.79 Å². The van der Waals surface area contributed by atoms with Crippen LogP contribution < -0.4 is 5.32 Å². The summed E-state index contributed by atoms with van der Waals surface area (Å²) in [5, 5.41) is 11.7. The summed E-state index contributed by atoms with van der Waals surface area (Å²) in [6.07, 6.45) is 0. The molecule has 0 aliphatic carbocycles. The molecule has 0 spiro atoms. The van der Waals surface area contributed by atoms with E-state index in [1.165, 1.54) is 0 Å². The lowest BCUT2D eigenvalue weighted by Crippen LogP contribution is -2.31. The number of halogens is 1. The third-order valence-corrected chi connectivity index (χ3v) is 3.06. The minimum Gasteiger partial charge on any atom is -0.480 e. The van der Waals surface area contributed by atoms with E-state index in [9.17, 15) is 9.59 Å². The molecular formula is C16H30BrNO9. The summed E-state index contributed by atoms with van der Waals surface area (Å²) >= 11 is 3.27. The number of rotatable bonds is 21. The summed E-state index contributed by atoms with van der Waals surface area (Å²) in [5.41, 5.74) is 0. The summed E-state index contributed by atoms with van der Waals surface area (Å²) in [5.74, 6) is -1.50. The van der Waals surface area contributed by atoms with Gasteiger partial charge in [-0.05, 0) is 0 Å². The van der Waals surface area contributed by atoms with E-state index in [4.69, 9.17) is 28.8 Å². The van der Waals surface area contributed by atoms with E-state index in [0.29, 0.717) is 72.6 Å². The molecule has 2 N–H and O–H groups in total. The molecule has 0 rings (SSSR count). The van der Waals surface area contributed by atoms with E-state index >= 15 is 0 Å². The van der Waals surface area contributed by atoms with Gasteiger partial charge in [0, 0.05) is 11.9 Å². The van der Waals surface area contributed by atoms with Gasteiger partial charge in [0.15, 0.2) is 0 Å². The maximum Gasteiger partial charge on any atom is 0.329 e. The number of amides is 1. The number of nitrogens with one attached hydrogen (secondary N) is 1. The van der Waals surface area contributed by atoms with Gasteiger partial charge in [-0.25, -0.2) is 4.79 Å². The maximum absolute atomic E-state index is 11.2. The molecule has 0 saturated heterocycles. The van der Waals surface area contributed by atoms with E-state index in [1.54, 1.807) is 0 Å². The molecule has 0 aliphatic heterocycles. The Morgan fingerprint density at radius 1 is 0.667 bits per heavy atom. The van der Waals surface area contributed by atoms with Crippen molar-refractivity contribution in [2.24, 2.45) is 0 Å². The summed E-state index contributed by atoms with van der Waals surface area (Å²) in [7, 11) is 0. The molecule has 160 valence electrons. The molecule has 0 heterocycles. The molecule has 0 atom stereocenters. The lowest BCUT2D eigenvalue weighted by molar-refractivity contribution is -0.143. The van der Waals surface area contributed by atoms with E-state index in [0.717, 1.165) is 5.33 Å². The van der Waals surface area contributed by atoms with Crippen molar-refractivity contribution in [2.45, 2.75) is 0 Å². The highest BCUT2D eigenvalue weighted by molar-refractivity contribution is 9.09. The standard InChI is InChI=1S/C16H30BrNO9/c17-1-3-22-5-7-24-9-11-26-12-10-25-8-6-23-4-2-18-15(19)13-27-14-16(20)21/h1-14H2,(H,18,19)(H,20,21). The molecule has 0 radical (unpaired) electrons. The van der Waals surface area contributed by atoms with Gasteiger partial charge < -0.3 is 38.8 Å². The topological polar surface area (TPSA) is 122 Å². The Kier molecular flexibility index (Phi) is 20.8. The number of carbonyl (C=O) groups excluding carboxylic acids is 1. The first-order chi connectivity index (χ1) is 13.2. The molecule has 0 aliphatic rings. The zero-order valence-corrected chi connectivity index (χ0v) is 17.1. The minimum atomic E-state index is -1.11. The highest BCUT2D eigenvalue weighted by Gasteiger charge is 2.02.